The van der Waals surface area contributed by atoms with Gasteiger partial charge >= 0.3 is 0 Å². The van der Waals surface area contributed by atoms with Crippen LogP contribution in [0, 0.1) is 35.0 Å². The van der Waals surface area contributed by atoms with Crippen molar-refractivity contribution in [2.45, 2.75) is 73.1 Å². The fraction of sp³-hybridized carbons (Fsp3) is 1.00. The molecule has 0 spiro atoms. The molecule has 2 rings (SSSR count). The molecule has 0 aliphatic heterocycles. The Labute approximate surface area is 109 Å². The molecular formula is C17H32. The van der Waals surface area contributed by atoms with Gasteiger partial charge in [-0.1, -0.05) is 47.5 Å². The van der Waals surface area contributed by atoms with Crippen LogP contribution in [0.15, 0.2) is 0 Å². The molecule has 2 saturated carbocycles. The molecule has 17 heavy (non-hydrogen) atoms. The molecule has 2 aliphatic rings. The van der Waals surface area contributed by atoms with Crippen LogP contribution in [0.25, 0.3) is 0 Å². The van der Waals surface area contributed by atoms with Crippen molar-refractivity contribution in [1.82, 2.24) is 0 Å². The van der Waals surface area contributed by atoms with Crippen LogP contribution in [-0.4, -0.2) is 0 Å². The second-order valence-electron chi connectivity index (χ2n) is 7.45. The summed E-state index contributed by atoms with van der Waals surface area (Å²) in [6.45, 7) is 12.4. The summed E-state index contributed by atoms with van der Waals surface area (Å²) in [5.74, 6) is 4.94. The standard InChI is InChI=1S/C17H32/c1-6-17(12(2)3)10-9-16(17)15-11-13(4)7-8-14(15)5/h12-16H,6-11H2,1-5H3. The summed E-state index contributed by atoms with van der Waals surface area (Å²) < 4.78 is 0. The van der Waals surface area contributed by atoms with Gasteiger partial charge in [0.25, 0.3) is 0 Å². The molecule has 0 N–H and O–H groups in total. The Hall–Kier alpha value is 0. The molecule has 0 nitrogen and oxygen atoms in total. The molecule has 0 bridgehead atoms. The summed E-state index contributed by atoms with van der Waals surface area (Å²) >= 11 is 0. The van der Waals surface area contributed by atoms with Crippen molar-refractivity contribution in [2.24, 2.45) is 35.0 Å². The highest BCUT2D eigenvalue weighted by atomic mass is 14.6. The molecule has 2 aliphatic carbocycles. The minimum Gasteiger partial charge on any atom is -0.0648 e. The van der Waals surface area contributed by atoms with E-state index < -0.39 is 0 Å². The Morgan fingerprint density at radius 3 is 2.29 bits per heavy atom. The molecular weight excluding hydrogens is 204 g/mol. The van der Waals surface area contributed by atoms with E-state index in [0.717, 1.165) is 29.6 Å². The summed E-state index contributed by atoms with van der Waals surface area (Å²) in [6.07, 6.45) is 8.91. The van der Waals surface area contributed by atoms with Gasteiger partial charge in [-0.2, -0.15) is 0 Å². The molecule has 0 amide bonds. The quantitative estimate of drug-likeness (QED) is 0.605. The van der Waals surface area contributed by atoms with Crippen LogP contribution in [0.3, 0.4) is 0 Å². The lowest BCUT2D eigenvalue weighted by Crippen LogP contribution is -2.50. The van der Waals surface area contributed by atoms with Gasteiger partial charge in [0.15, 0.2) is 0 Å². The zero-order valence-corrected chi connectivity index (χ0v) is 12.6. The third-order valence-electron chi connectivity index (χ3n) is 6.50. The van der Waals surface area contributed by atoms with Crippen molar-refractivity contribution in [3.05, 3.63) is 0 Å². The second-order valence-corrected chi connectivity index (χ2v) is 7.45. The fourth-order valence-electron chi connectivity index (χ4n) is 5.02. The van der Waals surface area contributed by atoms with Gasteiger partial charge in [0, 0.05) is 0 Å². The van der Waals surface area contributed by atoms with Gasteiger partial charge in [0.05, 0.1) is 0 Å². The first-order valence-electron chi connectivity index (χ1n) is 8.01. The van der Waals surface area contributed by atoms with E-state index >= 15 is 0 Å². The molecule has 5 unspecified atom stereocenters. The van der Waals surface area contributed by atoms with Gasteiger partial charge in [-0.05, 0) is 60.7 Å². The van der Waals surface area contributed by atoms with Crippen LogP contribution in [0.2, 0.25) is 0 Å². The first kappa shape index (κ1) is 13.4. The van der Waals surface area contributed by atoms with Crippen molar-refractivity contribution < 1.29 is 0 Å². The number of rotatable bonds is 3. The Balaban J connectivity index is 2.11. The van der Waals surface area contributed by atoms with Crippen LogP contribution in [0.4, 0.5) is 0 Å². The maximum atomic E-state index is 2.52. The molecule has 0 heterocycles. The van der Waals surface area contributed by atoms with E-state index in [4.69, 9.17) is 0 Å². The molecule has 0 aromatic rings. The van der Waals surface area contributed by atoms with Crippen molar-refractivity contribution in [1.29, 1.82) is 0 Å². The summed E-state index contributed by atoms with van der Waals surface area (Å²) in [5.41, 5.74) is 0.704. The van der Waals surface area contributed by atoms with E-state index in [0.29, 0.717) is 5.41 Å². The smallest absolute Gasteiger partial charge is 0.0246 e. The Bertz CT molecular complexity index is 251. The first-order chi connectivity index (χ1) is 8.01. The first-order valence-corrected chi connectivity index (χ1v) is 8.01. The number of hydrogen-bond acceptors (Lipinski definition) is 0. The predicted molar refractivity (Wildman–Crippen MR) is 76.0 cm³/mol. The van der Waals surface area contributed by atoms with Crippen LogP contribution >= 0.6 is 0 Å². The highest BCUT2D eigenvalue weighted by Gasteiger charge is 2.51. The highest BCUT2D eigenvalue weighted by molar-refractivity contribution is 5.01. The SMILES string of the molecule is CCC1(C(C)C)CCC1C1CC(C)CCC1C. The van der Waals surface area contributed by atoms with Crippen molar-refractivity contribution >= 4 is 0 Å². The lowest BCUT2D eigenvalue weighted by Gasteiger charge is -2.58. The molecule has 0 aromatic carbocycles. The highest BCUT2D eigenvalue weighted by Crippen LogP contribution is 2.60. The van der Waals surface area contributed by atoms with Gasteiger partial charge < -0.3 is 0 Å². The van der Waals surface area contributed by atoms with E-state index in [1.54, 1.807) is 0 Å². The molecule has 0 saturated heterocycles. The summed E-state index contributed by atoms with van der Waals surface area (Å²) in [5, 5.41) is 0. The topological polar surface area (TPSA) is 0 Å². The van der Waals surface area contributed by atoms with Gasteiger partial charge in [-0.3, -0.25) is 0 Å². The van der Waals surface area contributed by atoms with Crippen LogP contribution in [0.1, 0.15) is 73.1 Å². The molecule has 2 fully saturated rings. The zero-order valence-electron chi connectivity index (χ0n) is 12.6. The maximum absolute atomic E-state index is 2.52. The third kappa shape index (κ3) is 2.17. The maximum Gasteiger partial charge on any atom is -0.0246 e. The van der Waals surface area contributed by atoms with Gasteiger partial charge in [-0.25, -0.2) is 0 Å². The second kappa shape index (κ2) is 4.94. The van der Waals surface area contributed by atoms with E-state index in [9.17, 15) is 0 Å². The lowest BCUT2D eigenvalue weighted by molar-refractivity contribution is -0.0858. The van der Waals surface area contributed by atoms with Crippen molar-refractivity contribution in [3.63, 3.8) is 0 Å². The monoisotopic (exact) mass is 236 g/mol. The summed E-state index contributed by atoms with van der Waals surface area (Å²) in [4.78, 5) is 0. The van der Waals surface area contributed by atoms with Crippen LogP contribution in [-0.2, 0) is 0 Å². The van der Waals surface area contributed by atoms with Gasteiger partial charge in [-0.15, -0.1) is 0 Å². The lowest BCUT2D eigenvalue weighted by atomic mass is 9.47. The molecule has 100 valence electrons. The average molecular weight is 236 g/mol. The zero-order chi connectivity index (χ0) is 12.6. The summed E-state index contributed by atoms with van der Waals surface area (Å²) in [6, 6.07) is 0. The summed E-state index contributed by atoms with van der Waals surface area (Å²) in [7, 11) is 0. The molecule has 0 heteroatoms. The van der Waals surface area contributed by atoms with Crippen molar-refractivity contribution in [3.8, 4) is 0 Å². The van der Waals surface area contributed by atoms with Gasteiger partial charge in [0.1, 0.15) is 0 Å². The van der Waals surface area contributed by atoms with E-state index in [1.807, 2.05) is 0 Å². The van der Waals surface area contributed by atoms with E-state index in [1.165, 1.54) is 38.5 Å². The predicted octanol–water partition coefficient (Wildman–Crippen LogP) is 5.52. The van der Waals surface area contributed by atoms with Crippen LogP contribution in [0.5, 0.6) is 0 Å². The van der Waals surface area contributed by atoms with Crippen molar-refractivity contribution in [2.75, 3.05) is 0 Å². The van der Waals surface area contributed by atoms with Gasteiger partial charge in [0.2, 0.25) is 0 Å². The van der Waals surface area contributed by atoms with E-state index in [-0.39, 0.29) is 0 Å². The van der Waals surface area contributed by atoms with Crippen LogP contribution < -0.4 is 0 Å². The number of hydrogen-bond donors (Lipinski definition) is 0. The fourth-order valence-corrected chi connectivity index (χ4v) is 5.02. The Morgan fingerprint density at radius 2 is 1.82 bits per heavy atom. The largest absolute Gasteiger partial charge is 0.0648 e. The minimum atomic E-state index is 0.704. The molecule has 5 atom stereocenters. The minimum absolute atomic E-state index is 0.704. The molecule has 0 radical (unpaired) electrons. The Morgan fingerprint density at radius 1 is 1.12 bits per heavy atom. The van der Waals surface area contributed by atoms with E-state index in [2.05, 4.69) is 34.6 Å². The normalized spacial score (nSPS) is 46.9. The molecule has 0 aromatic heterocycles. The Kier molecular flexibility index (Phi) is 3.90. The average Bonchev–Trinajstić information content (AvgIpc) is 2.23. The third-order valence-corrected chi connectivity index (χ3v) is 6.50.